The molecule has 1 unspecified atom stereocenters. The lowest BCUT2D eigenvalue weighted by molar-refractivity contribution is 0.0767. The van der Waals surface area contributed by atoms with Crippen molar-refractivity contribution < 1.29 is 9.59 Å². The van der Waals surface area contributed by atoms with Crippen LogP contribution in [0, 0.1) is 0 Å². The lowest BCUT2D eigenvalue weighted by atomic mass is 10.1. The van der Waals surface area contributed by atoms with E-state index in [0.717, 1.165) is 6.42 Å². The van der Waals surface area contributed by atoms with Crippen molar-refractivity contribution >= 4 is 11.8 Å². The van der Waals surface area contributed by atoms with Gasteiger partial charge in [-0.25, -0.2) is 0 Å². The van der Waals surface area contributed by atoms with Crippen molar-refractivity contribution in [3.05, 3.63) is 29.6 Å². The van der Waals surface area contributed by atoms with Crippen LogP contribution in [0.3, 0.4) is 0 Å². The number of nitrogens with zero attached hydrogens (tertiary/aromatic N) is 2. The second kappa shape index (κ2) is 7.62. The maximum absolute atomic E-state index is 12.2. The third kappa shape index (κ3) is 4.05. The number of carbonyl (C=O) groups is 2. The number of pyridine rings is 1. The number of nitrogens with one attached hydrogen (secondary N) is 1. The average Bonchev–Trinajstić information content (AvgIpc) is 2.48. The van der Waals surface area contributed by atoms with E-state index in [-0.39, 0.29) is 17.9 Å². The zero-order valence-electron chi connectivity index (χ0n) is 12.6. The molecular formula is C15H23N3O2. The van der Waals surface area contributed by atoms with Gasteiger partial charge in [0.05, 0.1) is 0 Å². The standard InChI is InChI=1S/C15H23N3O2/c1-5-11(4)17-14(19)12-8-9-16-13(10-12)15(20)18(6-2)7-3/h8-11H,5-7H2,1-4H3,(H,17,19). The number of carbonyl (C=O) groups excluding carboxylic acids is 2. The van der Waals surface area contributed by atoms with Gasteiger partial charge in [-0.05, 0) is 39.3 Å². The van der Waals surface area contributed by atoms with Crippen LogP contribution in [0.15, 0.2) is 18.3 Å². The molecule has 5 heteroatoms. The summed E-state index contributed by atoms with van der Waals surface area (Å²) in [4.78, 5) is 30.0. The highest BCUT2D eigenvalue weighted by atomic mass is 16.2. The molecule has 110 valence electrons. The number of hydrogen-bond donors (Lipinski definition) is 1. The van der Waals surface area contributed by atoms with Crippen molar-refractivity contribution in [3.8, 4) is 0 Å². The minimum absolute atomic E-state index is 0.109. The summed E-state index contributed by atoms with van der Waals surface area (Å²) in [6.45, 7) is 9.04. The van der Waals surface area contributed by atoms with Crippen molar-refractivity contribution in [2.45, 2.75) is 40.2 Å². The fourth-order valence-electron chi connectivity index (χ4n) is 1.77. The van der Waals surface area contributed by atoms with Gasteiger partial charge in [-0.2, -0.15) is 0 Å². The fraction of sp³-hybridized carbons (Fsp3) is 0.533. The molecule has 1 heterocycles. The van der Waals surface area contributed by atoms with E-state index in [1.807, 2.05) is 27.7 Å². The Morgan fingerprint density at radius 3 is 2.50 bits per heavy atom. The summed E-state index contributed by atoms with van der Waals surface area (Å²) in [6, 6.07) is 3.28. The minimum Gasteiger partial charge on any atom is -0.350 e. The summed E-state index contributed by atoms with van der Waals surface area (Å²) in [5.41, 5.74) is 0.779. The first-order chi connectivity index (χ1) is 9.53. The van der Waals surface area contributed by atoms with Crippen molar-refractivity contribution in [3.63, 3.8) is 0 Å². The van der Waals surface area contributed by atoms with Gasteiger partial charge in [0, 0.05) is 30.9 Å². The van der Waals surface area contributed by atoms with Gasteiger partial charge in [0.25, 0.3) is 11.8 Å². The van der Waals surface area contributed by atoms with Gasteiger partial charge in [-0.3, -0.25) is 14.6 Å². The van der Waals surface area contributed by atoms with Gasteiger partial charge in [0.2, 0.25) is 0 Å². The quantitative estimate of drug-likeness (QED) is 0.866. The molecular weight excluding hydrogens is 254 g/mol. The van der Waals surface area contributed by atoms with Crippen LogP contribution < -0.4 is 5.32 Å². The molecule has 1 aromatic heterocycles. The highest BCUT2D eigenvalue weighted by molar-refractivity contribution is 5.98. The van der Waals surface area contributed by atoms with E-state index < -0.39 is 0 Å². The molecule has 20 heavy (non-hydrogen) atoms. The summed E-state index contributed by atoms with van der Waals surface area (Å²) in [7, 11) is 0. The topological polar surface area (TPSA) is 62.3 Å². The molecule has 5 nitrogen and oxygen atoms in total. The Labute approximate surface area is 120 Å². The lowest BCUT2D eigenvalue weighted by Gasteiger charge is -2.18. The van der Waals surface area contributed by atoms with E-state index in [1.165, 1.54) is 6.20 Å². The molecule has 2 amide bonds. The molecule has 0 radical (unpaired) electrons. The molecule has 0 spiro atoms. The van der Waals surface area contributed by atoms with Gasteiger partial charge in [0.1, 0.15) is 5.69 Å². The van der Waals surface area contributed by atoms with Crippen LogP contribution in [0.2, 0.25) is 0 Å². The van der Waals surface area contributed by atoms with E-state index in [9.17, 15) is 9.59 Å². The molecule has 1 aromatic rings. The van der Waals surface area contributed by atoms with E-state index in [0.29, 0.717) is 24.3 Å². The largest absolute Gasteiger partial charge is 0.350 e. The predicted molar refractivity (Wildman–Crippen MR) is 78.7 cm³/mol. The van der Waals surface area contributed by atoms with E-state index in [2.05, 4.69) is 10.3 Å². The summed E-state index contributed by atoms with van der Waals surface area (Å²) >= 11 is 0. The van der Waals surface area contributed by atoms with Gasteiger partial charge >= 0.3 is 0 Å². The summed E-state index contributed by atoms with van der Waals surface area (Å²) in [5.74, 6) is -0.316. The smallest absolute Gasteiger partial charge is 0.272 e. The fourth-order valence-corrected chi connectivity index (χ4v) is 1.77. The molecule has 1 rings (SSSR count). The molecule has 0 saturated carbocycles. The molecule has 0 aliphatic heterocycles. The second-order valence-corrected chi connectivity index (χ2v) is 4.69. The molecule has 1 N–H and O–H groups in total. The van der Waals surface area contributed by atoms with E-state index in [4.69, 9.17) is 0 Å². The van der Waals surface area contributed by atoms with Crippen LogP contribution in [0.25, 0.3) is 0 Å². The summed E-state index contributed by atoms with van der Waals surface area (Å²) in [5, 5.41) is 2.88. The number of aromatic nitrogens is 1. The van der Waals surface area contributed by atoms with Crippen molar-refractivity contribution in [2.24, 2.45) is 0 Å². The van der Waals surface area contributed by atoms with Crippen LogP contribution in [0.4, 0.5) is 0 Å². The molecule has 0 aliphatic carbocycles. The Morgan fingerprint density at radius 1 is 1.30 bits per heavy atom. The number of hydrogen-bond acceptors (Lipinski definition) is 3. The molecule has 0 aromatic carbocycles. The first-order valence-corrected chi connectivity index (χ1v) is 7.09. The molecule has 1 atom stereocenters. The highest BCUT2D eigenvalue weighted by Crippen LogP contribution is 2.06. The minimum atomic E-state index is -0.171. The Bertz CT molecular complexity index is 470. The maximum Gasteiger partial charge on any atom is 0.272 e. The number of rotatable bonds is 6. The van der Waals surface area contributed by atoms with Crippen LogP contribution in [0.5, 0.6) is 0 Å². The zero-order chi connectivity index (χ0) is 15.1. The van der Waals surface area contributed by atoms with Gasteiger partial charge in [-0.15, -0.1) is 0 Å². The van der Waals surface area contributed by atoms with Gasteiger partial charge in [-0.1, -0.05) is 6.92 Å². The third-order valence-corrected chi connectivity index (χ3v) is 3.28. The Hall–Kier alpha value is -1.91. The SMILES string of the molecule is CCC(C)NC(=O)c1ccnc(C(=O)N(CC)CC)c1. The molecule has 0 bridgehead atoms. The predicted octanol–water partition coefficient (Wildman–Crippen LogP) is 2.09. The molecule has 0 fully saturated rings. The maximum atomic E-state index is 12.2. The van der Waals surface area contributed by atoms with Crippen molar-refractivity contribution in [1.82, 2.24) is 15.2 Å². The van der Waals surface area contributed by atoms with Gasteiger partial charge in [0.15, 0.2) is 0 Å². The van der Waals surface area contributed by atoms with Crippen LogP contribution in [0.1, 0.15) is 55.0 Å². The highest BCUT2D eigenvalue weighted by Gasteiger charge is 2.16. The average molecular weight is 277 g/mol. The molecule has 0 saturated heterocycles. The van der Waals surface area contributed by atoms with Crippen LogP contribution >= 0.6 is 0 Å². The van der Waals surface area contributed by atoms with E-state index >= 15 is 0 Å². The van der Waals surface area contributed by atoms with Gasteiger partial charge < -0.3 is 10.2 Å². The summed E-state index contributed by atoms with van der Waals surface area (Å²) < 4.78 is 0. The van der Waals surface area contributed by atoms with Crippen LogP contribution in [-0.2, 0) is 0 Å². The van der Waals surface area contributed by atoms with E-state index in [1.54, 1.807) is 17.0 Å². The normalized spacial score (nSPS) is 11.8. The monoisotopic (exact) mass is 277 g/mol. The zero-order valence-corrected chi connectivity index (χ0v) is 12.6. The molecule has 0 aliphatic rings. The summed E-state index contributed by atoms with van der Waals surface area (Å²) in [6.07, 6.45) is 2.37. The first-order valence-electron chi connectivity index (χ1n) is 7.09. The van der Waals surface area contributed by atoms with Crippen molar-refractivity contribution in [1.29, 1.82) is 0 Å². The first kappa shape index (κ1) is 16.1. The lowest BCUT2D eigenvalue weighted by Crippen LogP contribution is -2.33. The number of amides is 2. The third-order valence-electron chi connectivity index (χ3n) is 3.28. The Balaban J connectivity index is 2.90. The Kier molecular flexibility index (Phi) is 6.15. The second-order valence-electron chi connectivity index (χ2n) is 4.69. The van der Waals surface area contributed by atoms with Crippen molar-refractivity contribution in [2.75, 3.05) is 13.1 Å². The Morgan fingerprint density at radius 2 is 1.95 bits per heavy atom. The van der Waals surface area contributed by atoms with Crippen LogP contribution in [-0.4, -0.2) is 40.8 Å².